The molecule has 0 spiro atoms. The van der Waals surface area contributed by atoms with Gasteiger partial charge in [0.25, 0.3) is 0 Å². The average molecular weight is 341 g/mol. The number of aromatic nitrogens is 3. The van der Waals surface area contributed by atoms with E-state index in [0.29, 0.717) is 13.0 Å². The molecule has 1 aliphatic rings. The average Bonchev–Trinajstić information content (AvgIpc) is 2.87. The normalized spacial score (nSPS) is 14.6. The van der Waals surface area contributed by atoms with E-state index in [1.54, 1.807) is 0 Å². The molecule has 0 unspecified atom stereocenters. The van der Waals surface area contributed by atoms with Crippen LogP contribution in [0, 0.1) is 13.8 Å². The van der Waals surface area contributed by atoms with Gasteiger partial charge in [-0.1, -0.05) is 6.07 Å². The minimum atomic E-state index is 0.0132. The van der Waals surface area contributed by atoms with Crippen LogP contribution in [0.1, 0.15) is 41.8 Å². The van der Waals surface area contributed by atoms with Crippen LogP contribution in [0.5, 0.6) is 0 Å². The molecule has 0 aliphatic carbocycles. The topological polar surface area (TPSA) is 63.1 Å². The lowest BCUT2D eigenvalue weighted by atomic mass is 10.1. The molecule has 3 heterocycles. The zero-order valence-corrected chi connectivity index (χ0v) is 15.4. The molecule has 0 atom stereocenters. The SMILES string of the molecule is Cc1nn(C)c(C)c1CC(=O)NCc1ccc(N2CCCCC2)nc1. The fraction of sp³-hybridized carbons (Fsp3) is 0.526. The summed E-state index contributed by atoms with van der Waals surface area (Å²) in [5, 5.41) is 7.34. The highest BCUT2D eigenvalue weighted by molar-refractivity contribution is 5.79. The van der Waals surface area contributed by atoms with E-state index >= 15 is 0 Å². The van der Waals surface area contributed by atoms with Crippen LogP contribution in [0.25, 0.3) is 0 Å². The first-order chi connectivity index (χ1) is 12.0. The van der Waals surface area contributed by atoms with Gasteiger partial charge in [0.2, 0.25) is 5.91 Å². The predicted octanol–water partition coefficient (Wildman–Crippen LogP) is 2.28. The lowest BCUT2D eigenvalue weighted by Crippen LogP contribution is -2.30. The summed E-state index contributed by atoms with van der Waals surface area (Å²) in [6.07, 6.45) is 6.03. The van der Waals surface area contributed by atoms with E-state index in [9.17, 15) is 4.79 Å². The molecule has 134 valence electrons. The second kappa shape index (κ2) is 7.68. The summed E-state index contributed by atoms with van der Waals surface area (Å²) in [7, 11) is 1.90. The highest BCUT2D eigenvalue weighted by Gasteiger charge is 2.14. The van der Waals surface area contributed by atoms with Gasteiger partial charge in [-0.05, 0) is 44.7 Å². The van der Waals surface area contributed by atoms with Crippen LogP contribution in [-0.2, 0) is 24.8 Å². The maximum absolute atomic E-state index is 12.2. The van der Waals surface area contributed by atoms with Gasteiger partial charge in [-0.25, -0.2) is 4.98 Å². The number of carbonyl (C=O) groups is 1. The second-order valence-electron chi connectivity index (χ2n) is 6.80. The molecule has 3 rings (SSSR count). The Morgan fingerprint density at radius 3 is 2.56 bits per heavy atom. The number of nitrogens with zero attached hydrogens (tertiary/aromatic N) is 4. The Morgan fingerprint density at radius 1 is 1.20 bits per heavy atom. The van der Waals surface area contributed by atoms with Crippen molar-refractivity contribution < 1.29 is 4.79 Å². The molecule has 6 heteroatoms. The molecule has 2 aromatic rings. The molecule has 0 saturated carbocycles. The van der Waals surface area contributed by atoms with Crippen LogP contribution in [0.3, 0.4) is 0 Å². The van der Waals surface area contributed by atoms with E-state index in [1.807, 2.05) is 31.8 Å². The number of rotatable bonds is 5. The molecule has 6 nitrogen and oxygen atoms in total. The van der Waals surface area contributed by atoms with Crippen molar-refractivity contribution in [3.8, 4) is 0 Å². The Kier molecular flexibility index (Phi) is 5.36. The van der Waals surface area contributed by atoms with Crippen LogP contribution in [0.4, 0.5) is 5.82 Å². The molecule has 1 saturated heterocycles. The third-order valence-corrected chi connectivity index (χ3v) is 4.98. The van der Waals surface area contributed by atoms with E-state index in [0.717, 1.165) is 41.4 Å². The van der Waals surface area contributed by atoms with Crippen LogP contribution < -0.4 is 10.2 Å². The third-order valence-electron chi connectivity index (χ3n) is 4.98. The van der Waals surface area contributed by atoms with E-state index in [2.05, 4.69) is 32.4 Å². The molecular weight excluding hydrogens is 314 g/mol. The van der Waals surface area contributed by atoms with Gasteiger partial charge in [0, 0.05) is 44.1 Å². The van der Waals surface area contributed by atoms with Crippen LogP contribution >= 0.6 is 0 Å². The van der Waals surface area contributed by atoms with Crippen molar-refractivity contribution in [1.82, 2.24) is 20.1 Å². The Labute approximate surface area is 149 Å². The van der Waals surface area contributed by atoms with E-state index in [4.69, 9.17) is 0 Å². The molecule has 1 N–H and O–H groups in total. The molecule has 0 radical (unpaired) electrons. The number of carbonyl (C=O) groups excluding carboxylic acids is 1. The van der Waals surface area contributed by atoms with Gasteiger partial charge in [-0.2, -0.15) is 5.10 Å². The number of hydrogen-bond acceptors (Lipinski definition) is 4. The summed E-state index contributed by atoms with van der Waals surface area (Å²) in [6.45, 7) is 6.62. The first-order valence-corrected chi connectivity index (χ1v) is 9.00. The Balaban J connectivity index is 1.53. The second-order valence-corrected chi connectivity index (χ2v) is 6.80. The maximum atomic E-state index is 12.2. The zero-order chi connectivity index (χ0) is 17.8. The van der Waals surface area contributed by atoms with Crippen molar-refractivity contribution in [2.45, 2.75) is 46.1 Å². The molecule has 1 amide bonds. The molecule has 2 aromatic heterocycles. The molecule has 0 aromatic carbocycles. The monoisotopic (exact) mass is 341 g/mol. The predicted molar refractivity (Wildman–Crippen MR) is 98.5 cm³/mol. The number of nitrogens with one attached hydrogen (secondary N) is 1. The number of piperidine rings is 1. The largest absolute Gasteiger partial charge is 0.357 e. The van der Waals surface area contributed by atoms with Crippen molar-refractivity contribution in [1.29, 1.82) is 0 Å². The summed E-state index contributed by atoms with van der Waals surface area (Å²) in [4.78, 5) is 19.1. The standard InChI is InChI=1S/C19H27N5O/c1-14-17(15(2)23(3)22-14)11-19(25)21-13-16-7-8-18(20-12-16)24-9-5-4-6-10-24/h7-8,12H,4-6,9-11,13H2,1-3H3,(H,21,25). The van der Waals surface area contributed by atoms with E-state index < -0.39 is 0 Å². The Bertz CT molecular complexity index is 729. The van der Waals surface area contributed by atoms with E-state index in [1.165, 1.54) is 19.3 Å². The minimum absolute atomic E-state index is 0.0132. The summed E-state index contributed by atoms with van der Waals surface area (Å²) in [6, 6.07) is 4.11. The van der Waals surface area contributed by atoms with Gasteiger partial charge in [0.15, 0.2) is 0 Å². The smallest absolute Gasteiger partial charge is 0.224 e. The van der Waals surface area contributed by atoms with Crippen LogP contribution in [0.2, 0.25) is 0 Å². The lowest BCUT2D eigenvalue weighted by molar-refractivity contribution is -0.120. The van der Waals surface area contributed by atoms with Gasteiger partial charge in [-0.15, -0.1) is 0 Å². The van der Waals surface area contributed by atoms with E-state index in [-0.39, 0.29) is 5.91 Å². The fourth-order valence-electron chi connectivity index (χ4n) is 3.33. The number of anilines is 1. The first kappa shape index (κ1) is 17.5. The van der Waals surface area contributed by atoms with Crippen LogP contribution in [-0.4, -0.2) is 33.8 Å². The number of hydrogen-bond donors (Lipinski definition) is 1. The lowest BCUT2D eigenvalue weighted by Gasteiger charge is -2.27. The van der Waals surface area contributed by atoms with Gasteiger partial charge in [0.1, 0.15) is 5.82 Å². The van der Waals surface area contributed by atoms with Gasteiger partial charge in [0.05, 0.1) is 12.1 Å². The van der Waals surface area contributed by atoms with Crippen molar-refractivity contribution >= 4 is 11.7 Å². The Morgan fingerprint density at radius 2 is 1.96 bits per heavy atom. The Hall–Kier alpha value is -2.37. The van der Waals surface area contributed by atoms with Gasteiger partial charge >= 0.3 is 0 Å². The van der Waals surface area contributed by atoms with Gasteiger partial charge in [-0.3, -0.25) is 9.48 Å². The fourth-order valence-corrected chi connectivity index (χ4v) is 3.33. The summed E-state index contributed by atoms with van der Waals surface area (Å²) in [5.41, 5.74) is 4.00. The summed E-state index contributed by atoms with van der Waals surface area (Å²) < 4.78 is 1.82. The number of amides is 1. The molecule has 1 fully saturated rings. The summed E-state index contributed by atoms with van der Waals surface area (Å²) >= 11 is 0. The van der Waals surface area contributed by atoms with Crippen molar-refractivity contribution in [3.05, 3.63) is 40.8 Å². The van der Waals surface area contributed by atoms with Crippen LogP contribution in [0.15, 0.2) is 18.3 Å². The molecule has 25 heavy (non-hydrogen) atoms. The maximum Gasteiger partial charge on any atom is 0.224 e. The highest BCUT2D eigenvalue weighted by atomic mass is 16.1. The first-order valence-electron chi connectivity index (χ1n) is 9.00. The van der Waals surface area contributed by atoms with Crippen molar-refractivity contribution in [2.75, 3.05) is 18.0 Å². The zero-order valence-electron chi connectivity index (χ0n) is 15.4. The van der Waals surface area contributed by atoms with Crippen molar-refractivity contribution in [3.63, 3.8) is 0 Å². The molecule has 0 bridgehead atoms. The number of pyridine rings is 1. The van der Waals surface area contributed by atoms with Gasteiger partial charge < -0.3 is 10.2 Å². The highest BCUT2D eigenvalue weighted by Crippen LogP contribution is 2.17. The quantitative estimate of drug-likeness (QED) is 0.906. The summed E-state index contributed by atoms with van der Waals surface area (Å²) in [5.74, 6) is 1.05. The minimum Gasteiger partial charge on any atom is -0.357 e. The third kappa shape index (κ3) is 4.18. The number of aryl methyl sites for hydroxylation is 2. The van der Waals surface area contributed by atoms with Crippen molar-refractivity contribution in [2.24, 2.45) is 7.05 Å². The molecule has 1 aliphatic heterocycles. The molecular formula is C19H27N5O.